The third kappa shape index (κ3) is 3.37. The van der Waals surface area contributed by atoms with Gasteiger partial charge in [0.25, 0.3) is 0 Å². The van der Waals surface area contributed by atoms with Crippen LogP contribution in [0.1, 0.15) is 26.6 Å². The van der Waals surface area contributed by atoms with Crippen molar-refractivity contribution in [2.24, 2.45) is 17.6 Å². The lowest BCUT2D eigenvalue weighted by Gasteiger charge is -2.15. The summed E-state index contributed by atoms with van der Waals surface area (Å²) < 4.78 is 28.8. The van der Waals surface area contributed by atoms with Crippen molar-refractivity contribution in [2.75, 3.05) is 0 Å². The maximum absolute atomic E-state index is 13.5. The van der Waals surface area contributed by atoms with Crippen LogP contribution in [0.3, 0.4) is 0 Å². The number of thiocarbonyl (C=S) groups is 1. The first kappa shape index (κ1) is 15.8. The highest BCUT2D eigenvalue weighted by atomic mass is 32.1. The molecular weight excluding hydrogens is 292 g/mol. The molecule has 1 atom stereocenters. The smallest absolute Gasteiger partial charge is 0.161 e. The topological polar surface area (TPSA) is 43.8 Å². The largest absolute Gasteiger partial charge is 0.393 e. The first-order valence-corrected chi connectivity index (χ1v) is 7.34. The summed E-state index contributed by atoms with van der Waals surface area (Å²) in [6, 6.07) is 2.32. The molecule has 0 aliphatic rings. The number of nitrogens with zero attached hydrogens (tertiary/aromatic N) is 2. The second kappa shape index (κ2) is 6.05. The van der Waals surface area contributed by atoms with Crippen LogP contribution in [0.15, 0.2) is 12.1 Å². The standard InChI is InChI=1S/C15H19F2N3S/c1-8(2)4-14-19-12-5-10(16)11(17)6-13(12)20(14)7-9(3)15(18)21/h5-6,8-9H,4,7H2,1-3H3,(H2,18,21). The first-order valence-electron chi connectivity index (χ1n) is 6.93. The van der Waals surface area contributed by atoms with Gasteiger partial charge < -0.3 is 10.3 Å². The van der Waals surface area contributed by atoms with E-state index in [1.54, 1.807) is 0 Å². The van der Waals surface area contributed by atoms with Crippen molar-refractivity contribution in [2.45, 2.75) is 33.7 Å². The van der Waals surface area contributed by atoms with Gasteiger partial charge in [0.15, 0.2) is 11.6 Å². The Balaban J connectivity index is 2.56. The summed E-state index contributed by atoms with van der Waals surface area (Å²) >= 11 is 5.00. The van der Waals surface area contributed by atoms with Crippen molar-refractivity contribution in [3.8, 4) is 0 Å². The fourth-order valence-electron chi connectivity index (χ4n) is 2.26. The zero-order chi connectivity index (χ0) is 15.7. The fraction of sp³-hybridized carbons (Fsp3) is 0.467. The summed E-state index contributed by atoms with van der Waals surface area (Å²) in [6.45, 7) is 6.57. The molecule has 2 aromatic rings. The molecule has 0 saturated carbocycles. The van der Waals surface area contributed by atoms with Gasteiger partial charge in [-0.2, -0.15) is 0 Å². The minimum absolute atomic E-state index is 0.0450. The molecule has 0 saturated heterocycles. The molecule has 0 aliphatic carbocycles. The maximum atomic E-state index is 13.5. The molecule has 0 radical (unpaired) electrons. The number of rotatable bonds is 5. The lowest BCUT2D eigenvalue weighted by Crippen LogP contribution is -2.24. The molecule has 0 aliphatic heterocycles. The van der Waals surface area contributed by atoms with Crippen molar-refractivity contribution >= 4 is 28.2 Å². The Morgan fingerprint density at radius 2 is 1.90 bits per heavy atom. The summed E-state index contributed by atoms with van der Waals surface area (Å²) in [6.07, 6.45) is 0.724. The Kier molecular flexibility index (Phi) is 4.56. The minimum atomic E-state index is -0.884. The van der Waals surface area contributed by atoms with Crippen molar-refractivity contribution < 1.29 is 8.78 Å². The van der Waals surface area contributed by atoms with Crippen LogP contribution in [0.25, 0.3) is 11.0 Å². The van der Waals surface area contributed by atoms with Crippen LogP contribution in [0, 0.1) is 23.5 Å². The minimum Gasteiger partial charge on any atom is -0.393 e. The van der Waals surface area contributed by atoms with E-state index in [0.29, 0.717) is 28.5 Å². The van der Waals surface area contributed by atoms with Gasteiger partial charge in [-0.05, 0) is 5.92 Å². The summed E-state index contributed by atoms with van der Waals surface area (Å²) in [5, 5.41) is 0. The molecule has 0 fully saturated rings. The Morgan fingerprint density at radius 1 is 1.29 bits per heavy atom. The lowest BCUT2D eigenvalue weighted by molar-refractivity contribution is 0.509. The number of benzene rings is 1. The van der Waals surface area contributed by atoms with Crippen molar-refractivity contribution in [1.29, 1.82) is 0 Å². The number of imidazole rings is 1. The number of aromatic nitrogens is 2. The van der Waals surface area contributed by atoms with Crippen molar-refractivity contribution in [3.63, 3.8) is 0 Å². The van der Waals surface area contributed by atoms with E-state index in [9.17, 15) is 8.78 Å². The van der Waals surface area contributed by atoms with Gasteiger partial charge in [0.2, 0.25) is 0 Å². The zero-order valence-electron chi connectivity index (χ0n) is 12.4. The van der Waals surface area contributed by atoms with E-state index in [4.69, 9.17) is 18.0 Å². The van der Waals surface area contributed by atoms with Crippen LogP contribution >= 0.6 is 12.2 Å². The van der Waals surface area contributed by atoms with Crippen molar-refractivity contribution in [1.82, 2.24) is 9.55 Å². The van der Waals surface area contributed by atoms with E-state index in [2.05, 4.69) is 18.8 Å². The molecule has 3 nitrogen and oxygen atoms in total. The van der Waals surface area contributed by atoms with E-state index in [1.807, 2.05) is 11.5 Å². The second-order valence-corrected chi connectivity index (χ2v) is 6.27. The Labute approximate surface area is 128 Å². The molecule has 114 valence electrons. The highest BCUT2D eigenvalue weighted by Crippen LogP contribution is 2.23. The van der Waals surface area contributed by atoms with Gasteiger partial charge in [-0.15, -0.1) is 0 Å². The monoisotopic (exact) mass is 311 g/mol. The third-order valence-corrected chi connectivity index (χ3v) is 3.80. The number of nitrogens with two attached hydrogens (primary N) is 1. The van der Waals surface area contributed by atoms with E-state index in [1.165, 1.54) is 6.07 Å². The van der Waals surface area contributed by atoms with Crippen LogP contribution < -0.4 is 5.73 Å². The number of hydrogen-bond acceptors (Lipinski definition) is 2. The summed E-state index contributed by atoms with van der Waals surface area (Å²) in [7, 11) is 0. The van der Waals surface area contributed by atoms with Gasteiger partial charge in [0, 0.05) is 31.0 Å². The number of halogens is 2. The van der Waals surface area contributed by atoms with Gasteiger partial charge in [-0.1, -0.05) is 33.0 Å². The number of hydrogen-bond donors (Lipinski definition) is 1. The molecule has 1 unspecified atom stereocenters. The van der Waals surface area contributed by atoms with Crippen molar-refractivity contribution in [3.05, 3.63) is 29.6 Å². The molecule has 0 spiro atoms. The Morgan fingerprint density at radius 3 is 2.48 bits per heavy atom. The predicted octanol–water partition coefficient (Wildman–Crippen LogP) is 3.44. The zero-order valence-corrected chi connectivity index (χ0v) is 13.2. The SMILES string of the molecule is CC(C)Cc1nc2cc(F)c(F)cc2n1CC(C)C(N)=S. The predicted molar refractivity (Wildman–Crippen MR) is 84.1 cm³/mol. The maximum Gasteiger partial charge on any atom is 0.161 e. The highest BCUT2D eigenvalue weighted by molar-refractivity contribution is 7.80. The molecule has 2 rings (SSSR count). The van der Waals surface area contributed by atoms with Crippen LogP contribution in [0.2, 0.25) is 0 Å². The second-order valence-electron chi connectivity index (χ2n) is 5.80. The fourth-order valence-corrected chi connectivity index (χ4v) is 2.33. The molecule has 1 heterocycles. The van der Waals surface area contributed by atoms with E-state index >= 15 is 0 Å². The molecular formula is C15H19F2N3S. The quantitative estimate of drug-likeness (QED) is 0.860. The van der Waals surface area contributed by atoms with Gasteiger partial charge in [0.1, 0.15) is 5.82 Å². The first-order chi connectivity index (χ1) is 9.79. The molecule has 2 N–H and O–H groups in total. The molecule has 1 aromatic carbocycles. The molecule has 6 heteroatoms. The number of fused-ring (bicyclic) bond motifs is 1. The summed E-state index contributed by atoms with van der Waals surface area (Å²) in [5.41, 5.74) is 6.70. The lowest BCUT2D eigenvalue weighted by atomic mass is 10.1. The van der Waals surface area contributed by atoms with Crippen LogP contribution in [0.5, 0.6) is 0 Å². The molecule has 0 bridgehead atoms. The third-order valence-electron chi connectivity index (χ3n) is 3.40. The van der Waals surface area contributed by atoms with Gasteiger partial charge >= 0.3 is 0 Å². The van der Waals surface area contributed by atoms with E-state index in [0.717, 1.165) is 18.3 Å². The summed E-state index contributed by atoms with van der Waals surface area (Å²) in [5.74, 6) is -0.617. The van der Waals surface area contributed by atoms with Gasteiger partial charge in [0.05, 0.1) is 16.0 Å². The van der Waals surface area contributed by atoms with Crippen LogP contribution in [-0.4, -0.2) is 14.5 Å². The Hall–Kier alpha value is -1.56. The Bertz CT molecular complexity index is 679. The van der Waals surface area contributed by atoms with Crippen LogP contribution in [0.4, 0.5) is 8.78 Å². The highest BCUT2D eigenvalue weighted by Gasteiger charge is 2.17. The van der Waals surface area contributed by atoms with E-state index in [-0.39, 0.29) is 5.92 Å². The molecule has 0 amide bonds. The van der Waals surface area contributed by atoms with E-state index < -0.39 is 11.6 Å². The molecule has 21 heavy (non-hydrogen) atoms. The summed E-state index contributed by atoms with van der Waals surface area (Å²) in [4.78, 5) is 4.84. The average molecular weight is 311 g/mol. The van der Waals surface area contributed by atoms with Gasteiger partial charge in [-0.3, -0.25) is 0 Å². The van der Waals surface area contributed by atoms with Gasteiger partial charge in [-0.25, -0.2) is 13.8 Å². The average Bonchev–Trinajstić information content (AvgIpc) is 2.67. The van der Waals surface area contributed by atoms with Crippen LogP contribution in [-0.2, 0) is 13.0 Å². The normalized spacial score (nSPS) is 13.0. The molecule has 1 aromatic heterocycles.